The van der Waals surface area contributed by atoms with E-state index < -0.39 is 11.6 Å². The maximum Gasteiger partial charge on any atom is 0.191 e. The summed E-state index contributed by atoms with van der Waals surface area (Å²) in [7, 11) is 0. The fourth-order valence-electron chi connectivity index (χ4n) is 3.02. The summed E-state index contributed by atoms with van der Waals surface area (Å²) in [6, 6.07) is 3.46. The molecule has 25 heavy (non-hydrogen) atoms. The molecule has 0 saturated carbocycles. The first kappa shape index (κ1) is 22.1. The lowest BCUT2D eigenvalue weighted by atomic mass is 9.98. The van der Waals surface area contributed by atoms with Gasteiger partial charge in [0.25, 0.3) is 0 Å². The fourth-order valence-corrected chi connectivity index (χ4v) is 3.02. The summed E-state index contributed by atoms with van der Waals surface area (Å²) in [5.41, 5.74) is 0.266. The topological polar surface area (TPSA) is 39.7 Å². The summed E-state index contributed by atoms with van der Waals surface area (Å²) >= 11 is 0. The lowest BCUT2D eigenvalue weighted by Gasteiger charge is -2.32. The van der Waals surface area contributed by atoms with E-state index in [1.54, 1.807) is 0 Å². The quantitative estimate of drug-likeness (QED) is 0.384. The summed E-state index contributed by atoms with van der Waals surface area (Å²) in [4.78, 5) is 6.84. The van der Waals surface area contributed by atoms with Crippen molar-refractivity contribution in [3.8, 4) is 0 Å². The predicted molar refractivity (Wildman–Crippen MR) is 109 cm³/mol. The Morgan fingerprint density at radius 3 is 2.80 bits per heavy atom. The van der Waals surface area contributed by atoms with Crippen LogP contribution in [0.15, 0.2) is 23.2 Å². The van der Waals surface area contributed by atoms with Crippen molar-refractivity contribution in [3.63, 3.8) is 0 Å². The average Bonchev–Trinajstić information content (AvgIpc) is 2.60. The van der Waals surface area contributed by atoms with Crippen molar-refractivity contribution in [1.82, 2.24) is 15.5 Å². The Labute approximate surface area is 166 Å². The van der Waals surface area contributed by atoms with Crippen molar-refractivity contribution in [2.75, 3.05) is 32.7 Å². The van der Waals surface area contributed by atoms with E-state index in [0.29, 0.717) is 11.9 Å². The molecule has 1 heterocycles. The molecular weight excluding hydrogens is 437 g/mol. The van der Waals surface area contributed by atoms with Crippen LogP contribution in [-0.2, 0) is 6.54 Å². The van der Waals surface area contributed by atoms with Crippen LogP contribution >= 0.6 is 24.0 Å². The number of rotatable bonds is 6. The van der Waals surface area contributed by atoms with Crippen molar-refractivity contribution in [1.29, 1.82) is 0 Å². The van der Waals surface area contributed by atoms with Gasteiger partial charge in [0.2, 0.25) is 0 Å². The molecule has 0 aliphatic carbocycles. The summed E-state index contributed by atoms with van der Waals surface area (Å²) in [5.74, 6) is 0.367. The van der Waals surface area contributed by atoms with E-state index in [0.717, 1.165) is 38.3 Å². The van der Waals surface area contributed by atoms with Gasteiger partial charge in [-0.15, -0.1) is 24.0 Å². The molecule has 1 aromatic carbocycles. The molecule has 1 aliphatic rings. The van der Waals surface area contributed by atoms with E-state index in [9.17, 15) is 8.78 Å². The number of halogens is 3. The Morgan fingerprint density at radius 1 is 1.28 bits per heavy atom. The molecule has 142 valence electrons. The molecule has 0 spiro atoms. The number of piperidine rings is 1. The van der Waals surface area contributed by atoms with Crippen molar-refractivity contribution < 1.29 is 8.78 Å². The largest absolute Gasteiger partial charge is 0.357 e. The zero-order chi connectivity index (χ0) is 17.4. The van der Waals surface area contributed by atoms with Gasteiger partial charge >= 0.3 is 0 Å². The van der Waals surface area contributed by atoms with E-state index in [1.807, 2.05) is 6.92 Å². The van der Waals surface area contributed by atoms with Gasteiger partial charge in [-0.05, 0) is 57.0 Å². The van der Waals surface area contributed by atoms with E-state index in [-0.39, 0.29) is 36.1 Å². The van der Waals surface area contributed by atoms with Crippen LogP contribution in [0, 0.1) is 17.6 Å². The number of nitrogens with one attached hydrogen (secondary N) is 2. The van der Waals surface area contributed by atoms with Crippen LogP contribution in [0.25, 0.3) is 0 Å². The second kappa shape index (κ2) is 11.6. The third-order valence-electron chi connectivity index (χ3n) is 4.37. The van der Waals surface area contributed by atoms with Crippen LogP contribution in [0.3, 0.4) is 0 Å². The molecule has 1 fully saturated rings. The third kappa shape index (κ3) is 7.43. The van der Waals surface area contributed by atoms with Gasteiger partial charge in [-0.3, -0.25) is 0 Å². The molecule has 7 heteroatoms. The van der Waals surface area contributed by atoms with Crippen molar-refractivity contribution >= 4 is 29.9 Å². The van der Waals surface area contributed by atoms with Gasteiger partial charge in [-0.1, -0.05) is 6.92 Å². The number of aliphatic imine (C=N–C) groups is 1. The van der Waals surface area contributed by atoms with E-state index in [4.69, 9.17) is 0 Å². The molecule has 1 aromatic rings. The lowest BCUT2D eigenvalue weighted by Crippen LogP contribution is -2.44. The molecule has 4 nitrogen and oxygen atoms in total. The minimum atomic E-state index is -0.443. The average molecular weight is 466 g/mol. The number of nitrogens with zero attached hydrogens (tertiary/aromatic N) is 2. The molecule has 1 atom stereocenters. The Hall–Kier alpha value is -0.960. The first-order valence-electron chi connectivity index (χ1n) is 8.80. The molecule has 0 amide bonds. The molecule has 1 aliphatic heterocycles. The van der Waals surface area contributed by atoms with Crippen LogP contribution < -0.4 is 10.6 Å². The smallest absolute Gasteiger partial charge is 0.191 e. The third-order valence-corrected chi connectivity index (χ3v) is 4.37. The number of likely N-dealkylation sites (tertiary alicyclic amines) is 1. The van der Waals surface area contributed by atoms with Gasteiger partial charge in [0.15, 0.2) is 5.96 Å². The van der Waals surface area contributed by atoms with Crippen molar-refractivity contribution in [2.45, 2.75) is 33.2 Å². The van der Waals surface area contributed by atoms with Gasteiger partial charge in [0, 0.05) is 25.2 Å². The molecular formula is C18H29F2IN4. The minimum absolute atomic E-state index is 0. The molecule has 0 radical (unpaired) electrons. The maximum atomic E-state index is 13.7. The standard InChI is InChI=1S/C18H28F2N4.HI/c1-3-21-18(22-11-14-6-5-9-24(4-2)13-14)23-12-15-10-16(19)7-8-17(15)20;/h7-8,10,14H,3-6,9,11-13H2,1-2H3,(H2,21,22,23);1H. The van der Waals surface area contributed by atoms with Gasteiger partial charge in [0.1, 0.15) is 11.6 Å². The summed E-state index contributed by atoms with van der Waals surface area (Å²) in [6.45, 7) is 9.22. The highest BCUT2D eigenvalue weighted by Gasteiger charge is 2.18. The highest BCUT2D eigenvalue weighted by molar-refractivity contribution is 14.0. The Kier molecular flexibility index (Phi) is 10.3. The van der Waals surface area contributed by atoms with Gasteiger partial charge in [-0.25, -0.2) is 13.8 Å². The SMILES string of the molecule is CCNC(=NCc1cc(F)ccc1F)NCC1CCCN(CC)C1.I. The van der Waals surface area contributed by atoms with Gasteiger partial charge in [-0.2, -0.15) is 0 Å². The molecule has 2 N–H and O–H groups in total. The first-order valence-corrected chi connectivity index (χ1v) is 8.80. The number of hydrogen-bond donors (Lipinski definition) is 2. The van der Waals surface area contributed by atoms with Crippen molar-refractivity contribution in [2.24, 2.45) is 10.9 Å². The van der Waals surface area contributed by atoms with E-state index in [2.05, 4.69) is 27.4 Å². The fraction of sp³-hybridized carbons (Fsp3) is 0.611. The van der Waals surface area contributed by atoms with Crippen LogP contribution in [0.2, 0.25) is 0 Å². The first-order chi connectivity index (χ1) is 11.6. The van der Waals surface area contributed by atoms with Crippen LogP contribution in [-0.4, -0.2) is 43.6 Å². The monoisotopic (exact) mass is 466 g/mol. The second-order valence-electron chi connectivity index (χ2n) is 6.21. The minimum Gasteiger partial charge on any atom is -0.357 e. The van der Waals surface area contributed by atoms with Crippen molar-refractivity contribution in [3.05, 3.63) is 35.4 Å². The second-order valence-corrected chi connectivity index (χ2v) is 6.21. The Balaban J connectivity index is 0.00000312. The highest BCUT2D eigenvalue weighted by Crippen LogP contribution is 2.15. The number of benzene rings is 1. The molecule has 1 unspecified atom stereocenters. The number of hydrogen-bond acceptors (Lipinski definition) is 2. The lowest BCUT2D eigenvalue weighted by molar-refractivity contribution is 0.183. The highest BCUT2D eigenvalue weighted by atomic mass is 127. The summed E-state index contributed by atoms with van der Waals surface area (Å²) < 4.78 is 26.9. The Morgan fingerprint density at radius 2 is 2.08 bits per heavy atom. The van der Waals surface area contributed by atoms with E-state index >= 15 is 0 Å². The normalized spacial score (nSPS) is 18.6. The van der Waals surface area contributed by atoms with Gasteiger partial charge < -0.3 is 15.5 Å². The Bertz CT molecular complexity index is 554. The molecule has 0 bridgehead atoms. The molecule has 2 rings (SSSR count). The van der Waals surface area contributed by atoms with E-state index in [1.165, 1.54) is 25.5 Å². The molecule has 1 saturated heterocycles. The maximum absolute atomic E-state index is 13.7. The predicted octanol–water partition coefficient (Wildman–Crippen LogP) is 3.37. The van der Waals surface area contributed by atoms with Gasteiger partial charge in [0.05, 0.1) is 6.54 Å². The summed E-state index contributed by atoms with van der Waals surface area (Å²) in [5, 5.41) is 6.50. The zero-order valence-corrected chi connectivity index (χ0v) is 17.4. The number of guanidine groups is 1. The zero-order valence-electron chi connectivity index (χ0n) is 15.0. The summed E-state index contributed by atoms with van der Waals surface area (Å²) in [6.07, 6.45) is 2.43. The van der Waals surface area contributed by atoms with Crippen LogP contribution in [0.5, 0.6) is 0 Å². The van der Waals surface area contributed by atoms with Crippen LogP contribution in [0.4, 0.5) is 8.78 Å². The van der Waals surface area contributed by atoms with Crippen LogP contribution in [0.1, 0.15) is 32.3 Å². The molecule has 0 aromatic heterocycles.